The number of hydrogen-bond acceptors (Lipinski definition) is 2. The molecular formula is C13H18ClNS. The van der Waals surface area contributed by atoms with E-state index >= 15 is 0 Å². The summed E-state index contributed by atoms with van der Waals surface area (Å²) >= 11 is 7.88. The van der Waals surface area contributed by atoms with Crippen LogP contribution < -0.4 is 5.32 Å². The summed E-state index contributed by atoms with van der Waals surface area (Å²) in [4.78, 5) is 1.27. The van der Waals surface area contributed by atoms with Crippen molar-refractivity contribution in [1.29, 1.82) is 0 Å². The van der Waals surface area contributed by atoms with Crippen LogP contribution in [0.15, 0.2) is 23.1 Å². The van der Waals surface area contributed by atoms with Gasteiger partial charge in [0.05, 0.1) is 0 Å². The van der Waals surface area contributed by atoms with Crippen LogP contribution in [-0.4, -0.2) is 19.3 Å². The molecule has 0 aliphatic carbocycles. The minimum absolute atomic E-state index is 0.780. The fourth-order valence-corrected chi connectivity index (χ4v) is 3.12. The number of thioether (sulfide) groups is 1. The fraction of sp³-hybridized carbons (Fsp3) is 0.538. The molecule has 88 valence electrons. The van der Waals surface area contributed by atoms with Crippen molar-refractivity contribution in [2.45, 2.75) is 24.2 Å². The van der Waals surface area contributed by atoms with Crippen molar-refractivity contribution in [2.24, 2.45) is 5.92 Å². The Balaban J connectivity index is 2.04. The Hall–Kier alpha value is -0.180. The molecule has 1 heterocycles. The summed E-state index contributed by atoms with van der Waals surface area (Å²) in [7, 11) is 0. The second-order valence-corrected chi connectivity index (χ2v) is 5.73. The van der Waals surface area contributed by atoms with Gasteiger partial charge in [-0.15, -0.1) is 11.8 Å². The summed E-state index contributed by atoms with van der Waals surface area (Å²) in [5, 5.41) is 4.33. The third-order valence-corrected chi connectivity index (χ3v) is 4.02. The van der Waals surface area contributed by atoms with Crippen LogP contribution in [0.5, 0.6) is 0 Å². The lowest BCUT2D eigenvalue weighted by atomic mass is 9.92. The van der Waals surface area contributed by atoms with Crippen LogP contribution in [0.25, 0.3) is 0 Å². The number of halogens is 1. The zero-order valence-corrected chi connectivity index (χ0v) is 11.2. The van der Waals surface area contributed by atoms with Gasteiger partial charge in [-0.05, 0) is 68.3 Å². The molecule has 0 aromatic heterocycles. The van der Waals surface area contributed by atoms with Gasteiger partial charge in [-0.3, -0.25) is 0 Å². The quantitative estimate of drug-likeness (QED) is 0.829. The average molecular weight is 256 g/mol. The molecule has 1 aliphatic rings. The summed E-state index contributed by atoms with van der Waals surface area (Å²) in [6, 6.07) is 6.41. The maximum absolute atomic E-state index is 6.12. The number of benzene rings is 1. The molecule has 1 aromatic carbocycles. The van der Waals surface area contributed by atoms with Crippen molar-refractivity contribution in [3.05, 3.63) is 28.8 Å². The molecule has 2 rings (SSSR count). The molecule has 1 nitrogen and oxygen atoms in total. The normalized spacial score (nSPS) is 21.0. The Bertz CT molecular complexity index is 348. The van der Waals surface area contributed by atoms with E-state index in [0.29, 0.717) is 0 Å². The Morgan fingerprint density at radius 1 is 1.44 bits per heavy atom. The number of piperidine rings is 1. The smallest absolute Gasteiger partial charge is 0.0419 e. The van der Waals surface area contributed by atoms with Crippen LogP contribution in [-0.2, 0) is 6.42 Å². The van der Waals surface area contributed by atoms with E-state index in [9.17, 15) is 0 Å². The average Bonchev–Trinajstić information content (AvgIpc) is 2.29. The molecular weight excluding hydrogens is 238 g/mol. The number of hydrogen-bond donors (Lipinski definition) is 1. The molecule has 1 unspecified atom stereocenters. The van der Waals surface area contributed by atoms with Crippen LogP contribution in [0, 0.1) is 5.92 Å². The summed E-state index contributed by atoms with van der Waals surface area (Å²) in [5.74, 6) is 0.780. The summed E-state index contributed by atoms with van der Waals surface area (Å²) < 4.78 is 0. The maximum atomic E-state index is 6.12. The first-order valence-corrected chi connectivity index (χ1v) is 7.42. The lowest BCUT2D eigenvalue weighted by Crippen LogP contribution is -2.30. The minimum Gasteiger partial charge on any atom is -0.316 e. The molecule has 1 fully saturated rings. The molecule has 1 aliphatic heterocycles. The lowest BCUT2D eigenvalue weighted by molar-refractivity contribution is 0.376. The van der Waals surface area contributed by atoms with Gasteiger partial charge in [-0.25, -0.2) is 0 Å². The van der Waals surface area contributed by atoms with Gasteiger partial charge >= 0.3 is 0 Å². The molecule has 1 saturated heterocycles. The zero-order chi connectivity index (χ0) is 11.4. The molecule has 3 heteroatoms. The van der Waals surface area contributed by atoms with Crippen molar-refractivity contribution in [1.82, 2.24) is 5.32 Å². The zero-order valence-electron chi connectivity index (χ0n) is 9.63. The van der Waals surface area contributed by atoms with Crippen LogP contribution in [0.2, 0.25) is 5.02 Å². The molecule has 0 saturated carbocycles. The maximum Gasteiger partial charge on any atom is 0.0419 e. The topological polar surface area (TPSA) is 12.0 Å². The molecule has 0 spiro atoms. The molecule has 1 atom stereocenters. The van der Waals surface area contributed by atoms with Gasteiger partial charge < -0.3 is 5.32 Å². The van der Waals surface area contributed by atoms with E-state index in [-0.39, 0.29) is 0 Å². The van der Waals surface area contributed by atoms with Gasteiger partial charge in [-0.2, -0.15) is 0 Å². The largest absolute Gasteiger partial charge is 0.316 e. The Morgan fingerprint density at radius 3 is 3.00 bits per heavy atom. The SMILES string of the molecule is CSc1cc(Cl)cc(CC2CCCNC2)c1. The predicted molar refractivity (Wildman–Crippen MR) is 72.5 cm³/mol. The fourth-order valence-electron chi connectivity index (χ4n) is 2.29. The molecule has 0 radical (unpaired) electrons. The standard InChI is InChI=1S/C13H18ClNS/c1-16-13-7-11(6-12(14)8-13)5-10-3-2-4-15-9-10/h6-8,10,15H,2-5,9H2,1H3. The van der Waals surface area contributed by atoms with Crippen LogP contribution >= 0.6 is 23.4 Å². The van der Waals surface area contributed by atoms with Gasteiger partial charge in [0.1, 0.15) is 0 Å². The number of rotatable bonds is 3. The lowest BCUT2D eigenvalue weighted by Gasteiger charge is -2.22. The molecule has 16 heavy (non-hydrogen) atoms. The molecule has 1 N–H and O–H groups in total. The van der Waals surface area contributed by atoms with Crippen molar-refractivity contribution in [3.8, 4) is 0 Å². The Morgan fingerprint density at radius 2 is 2.31 bits per heavy atom. The van der Waals surface area contributed by atoms with E-state index in [1.165, 1.54) is 29.8 Å². The Labute approximate surface area is 107 Å². The predicted octanol–water partition coefficient (Wildman–Crippen LogP) is 3.60. The second kappa shape index (κ2) is 5.95. The summed E-state index contributed by atoms with van der Waals surface area (Å²) in [5.41, 5.74) is 1.38. The molecule has 1 aromatic rings. The van der Waals surface area contributed by atoms with E-state index < -0.39 is 0 Å². The third kappa shape index (κ3) is 3.41. The van der Waals surface area contributed by atoms with Crippen molar-refractivity contribution >= 4 is 23.4 Å². The highest BCUT2D eigenvalue weighted by Gasteiger charge is 2.13. The highest BCUT2D eigenvalue weighted by Crippen LogP contribution is 2.25. The Kier molecular flexibility index (Phi) is 4.56. The van der Waals surface area contributed by atoms with E-state index in [4.69, 9.17) is 11.6 Å². The highest BCUT2D eigenvalue weighted by molar-refractivity contribution is 7.98. The van der Waals surface area contributed by atoms with Crippen LogP contribution in [0.1, 0.15) is 18.4 Å². The van der Waals surface area contributed by atoms with Crippen molar-refractivity contribution < 1.29 is 0 Å². The summed E-state index contributed by atoms with van der Waals surface area (Å²) in [6.45, 7) is 2.34. The van der Waals surface area contributed by atoms with Crippen LogP contribution in [0.4, 0.5) is 0 Å². The van der Waals surface area contributed by atoms with Crippen molar-refractivity contribution in [3.63, 3.8) is 0 Å². The van der Waals surface area contributed by atoms with Gasteiger partial charge in [0.15, 0.2) is 0 Å². The number of nitrogens with one attached hydrogen (secondary N) is 1. The molecule has 0 amide bonds. The molecule has 0 bridgehead atoms. The third-order valence-electron chi connectivity index (χ3n) is 3.09. The first-order chi connectivity index (χ1) is 7.78. The second-order valence-electron chi connectivity index (χ2n) is 4.42. The van der Waals surface area contributed by atoms with E-state index in [0.717, 1.165) is 23.9 Å². The first kappa shape index (κ1) is 12.3. The van der Waals surface area contributed by atoms with Gasteiger partial charge in [0.2, 0.25) is 0 Å². The van der Waals surface area contributed by atoms with Crippen molar-refractivity contribution in [2.75, 3.05) is 19.3 Å². The minimum atomic E-state index is 0.780. The highest BCUT2D eigenvalue weighted by atomic mass is 35.5. The van der Waals surface area contributed by atoms with E-state index in [1.54, 1.807) is 11.8 Å². The van der Waals surface area contributed by atoms with Crippen LogP contribution in [0.3, 0.4) is 0 Å². The van der Waals surface area contributed by atoms with E-state index in [1.807, 2.05) is 6.07 Å². The van der Waals surface area contributed by atoms with E-state index in [2.05, 4.69) is 23.7 Å². The van der Waals surface area contributed by atoms with Gasteiger partial charge in [0.25, 0.3) is 0 Å². The monoisotopic (exact) mass is 255 g/mol. The van der Waals surface area contributed by atoms with Gasteiger partial charge in [-0.1, -0.05) is 11.6 Å². The summed E-state index contributed by atoms with van der Waals surface area (Å²) in [6.07, 6.45) is 5.90. The van der Waals surface area contributed by atoms with Gasteiger partial charge in [0, 0.05) is 9.92 Å². The first-order valence-electron chi connectivity index (χ1n) is 5.82.